The van der Waals surface area contributed by atoms with Crippen molar-refractivity contribution in [3.8, 4) is 0 Å². The number of hydrogen-bond donors (Lipinski definition) is 0. The summed E-state index contributed by atoms with van der Waals surface area (Å²) in [7, 11) is 0. The molecule has 1 saturated carbocycles. The van der Waals surface area contributed by atoms with E-state index in [1.807, 2.05) is 0 Å². The van der Waals surface area contributed by atoms with Gasteiger partial charge in [-0.25, -0.2) is 8.78 Å². The van der Waals surface area contributed by atoms with Gasteiger partial charge in [-0.1, -0.05) is 0 Å². The summed E-state index contributed by atoms with van der Waals surface area (Å²) in [5, 5.41) is 7.27. The second kappa shape index (κ2) is 6.24. The van der Waals surface area contributed by atoms with Crippen LogP contribution in [0, 0.1) is 11.8 Å². The van der Waals surface area contributed by atoms with Crippen LogP contribution < -0.4 is 0 Å². The minimum Gasteiger partial charge on any atom is -0.381 e. The van der Waals surface area contributed by atoms with E-state index < -0.39 is 11.8 Å². The summed E-state index contributed by atoms with van der Waals surface area (Å²) < 4.78 is 33.4. The summed E-state index contributed by atoms with van der Waals surface area (Å²) in [5.74, 6) is -3.47. The third-order valence-electron chi connectivity index (χ3n) is 4.24. The molecule has 7 heteroatoms. The van der Waals surface area contributed by atoms with Crippen molar-refractivity contribution in [3.63, 3.8) is 0 Å². The number of aromatic nitrogens is 2. The van der Waals surface area contributed by atoms with Gasteiger partial charge in [0.1, 0.15) is 0 Å². The van der Waals surface area contributed by atoms with Crippen molar-refractivity contribution in [3.05, 3.63) is 24.0 Å². The number of piperidine rings is 1. The molecular weight excluding hydrogens is 292 g/mol. The van der Waals surface area contributed by atoms with Crippen LogP contribution in [0.25, 0.3) is 0 Å². The normalized spacial score (nSPS) is 24.3. The topological polar surface area (TPSA) is 55.3 Å². The average molecular weight is 311 g/mol. The molecule has 120 valence electrons. The molecule has 1 saturated heterocycles. The number of carbonyl (C=O) groups excluding carboxylic acids is 1. The first-order chi connectivity index (χ1) is 10.6. The predicted molar refractivity (Wildman–Crippen MR) is 74.5 cm³/mol. The van der Waals surface area contributed by atoms with Crippen molar-refractivity contribution >= 4 is 5.91 Å². The Morgan fingerprint density at radius 3 is 2.86 bits per heavy atom. The monoisotopic (exact) mass is 311 g/mol. The van der Waals surface area contributed by atoms with Crippen LogP contribution in [0.3, 0.4) is 0 Å². The Kier molecular flexibility index (Phi) is 4.33. The first-order valence-corrected chi connectivity index (χ1v) is 7.58. The third kappa shape index (κ3) is 3.58. The van der Waals surface area contributed by atoms with Gasteiger partial charge in [0.05, 0.1) is 30.5 Å². The van der Waals surface area contributed by atoms with Gasteiger partial charge in [-0.05, 0) is 24.8 Å². The molecule has 0 radical (unpaired) electrons. The molecule has 1 unspecified atom stereocenters. The van der Waals surface area contributed by atoms with Gasteiger partial charge in [0.2, 0.25) is 0 Å². The highest BCUT2D eigenvalue weighted by Gasteiger charge is 2.45. The number of hydrogen-bond acceptors (Lipinski definition) is 4. The Morgan fingerprint density at radius 1 is 1.36 bits per heavy atom. The van der Waals surface area contributed by atoms with E-state index in [9.17, 15) is 13.6 Å². The molecule has 2 fully saturated rings. The highest BCUT2D eigenvalue weighted by atomic mass is 19.3. The molecule has 0 aromatic carbocycles. The molecule has 0 spiro atoms. The SMILES string of the molecule is O=C(c1ccnnc1)N1CCC(F)(F)C(COCC2CC2)C1. The Bertz CT molecular complexity index is 523. The number of nitrogens with zero attached hydrogens (tertiary/aromatic N) is 3. The van der Waals surface area contributed by atoms with Crippen molar-refractivity contribution in [2.45, 2.75) is 25.2 Å². The van der Waals surface area contributed by atoms with Crippen LogP contribution in [0.1, 0.15) is 29.6 Å². The van der Waals surface area contributed by atoms with Crippen molar-refractivity contribution in [1.82, 2.24) is 15.1 Å². The zero-order valence-corrected chi connectivity index (χ0v) is 12.3. The fourth-order valence-electron chi connectivity index (χ4n) is 2.60. The molecule has 0 bridgehead atoms. The molecule has 1 aliphatic heterocycles. The zero-order valence-electron chi connectivity index (χ0n) is 12.3. The van der Waals surface area contributed by atoms with Crippen LogP contribution in [0.2, 0.25) is 0 Å². The lowest BCUT2D eigenvalue weighted by molar-refractivity contribution is -0.122. The van der Waals surface area contributed by atoms with Crippen molar-refractivity contribution in [1.29, 1.82) is 0 Å². The number of alkyl halides is 2. The first-order valence-electron chi connectivity index (χ1n) is 7.58. The van der Waals surface area contributed by atoms with Gasteiger partial charge in [-0.2, -0.15) is 10.2 Å². The Labute approximate surface area is 127 Å². The fourth-order valence-corrected chi connectivity index (χ4v) is 2.60. The van der Waals surface area contributed by atoms with E-state index in [0.29, 0.717) is 18.1 Å². The lowest BCUT2D eigenvalue weighted by Gasteiger charge is -2.38. The van der Waals surface area contributed by atoms with E-state index in [1.165, 1.54) is 17.3 Å². The summed E-state index contributed by atoms with van der Waals surface area (Å²) in [6.45, 7) is 0.614. The van der Waals surface area contributed by atoms with Gasteiger partial charge in [0.15, 0.2) is 0 Å². The van der Waals surface area contributed by atoms with E-state index in [0.717, 1.165) is 12.8 Å². The van der Waals surface area contributed by atoms with Crippen LogP contribution in [-0.2, 0) is 4.74 Å². The quantitative estimate of drug-likeness (QED) is 0.834. The summed E-state index contributed by atoms with van der Waals surface area (Å²) in [4.78, 5) is 13.8. The molecule has 1 amide bonds. The molecule has 22 heavy (non-hydrogen) atoms. The smallest absolute Gasteiger partial charge is 0.256 e. The van der Waals surface area contributed by atoms with Crippen LogP contribution in [0.5, 0.6) is 0 Å². The molecular formula is C15H19F2N3O2. The molecule has 1 aromatic heterocycles. The van der Waals surface area contributed by atoms with Crippen LogP contribution in [0.4, 0.5) is 8.78 Å². The highest BCUT2D eigenvalue weighted by molar-refractivity contribution is 5.93. The van der Waals surface area contributed by atoms with Crippen molar-refractivity contribution in [2.75, 3.05) is 26.3 Å². The molecule has 2 heterocycles. The number of ether oxygens (including phenoxy) is 1. The van der Waals surface area contributed by atoms with Crippen LogP contribution >= 0.6 is 0 Å². The van der Waals surface area contributed by atoms with Gasteiger partial charge in [-0.15, -0.1) is 0 Å². The summed E-state index contributed by atoms with van der Waals surface area (Å²) >= 11 is 0. The van der Waals surface area contributed by atoms with Crippen LogP contribution in [-0.4, -0.2) is 53.2 Å². The molecule has 1 aliphatic carbocycles. The number of amides is 1. The van der Waals surface area contributed by atoms with Crippen molar-refractivity contribution < 1.29 is 18.3 Å². The third-order valence-corrected chi connectivity index (χ3v) is 4.24. The Balaban J connectivity index is 1.60. The minimum absolute atomic E-state index is 0.00186. The Morgan fingerprint density at radius 2 is 2.18 bits per heavy atom. The highest BCUT2D eigenvalue weighted by Crippen LogP contribution is 2.35. The second-order valence-corrected chi connectivity index (χ2v) is 6.07. The molecule has 1 aromatic rings. The zero-order chi connectivity index (χ0) is 15.6. The molecule has 1 atom stereocenters. The maximum absolute atomic E-state index is 14.0. The maximum Gasteiger partial charge on any atom is 0.256 e. The maximum atomic E-state index is 14.0. The molecule has 5 nitrogen and oxygen atoms in total. The summed E-state index contributed by atoms with van der Waals surface area (Å²) in [5.41, 5.74) is 0.373. The van der Waals surface area contributed by atoms with Crippen LogP contribution in [0.15, 0.2) is 18.5 Å². The number of likely N-dealkylation sites (tertiary alicyclic amines) is 1. The number of carbonyl (C=O) groups is 1. The predicted octanol–water partition coefficient (Wildman–Crippen LogP) is 2.00. The van der Waals surface area contributed by atoms with E-state index in [4.69, 9.17) is 4.74 Å². The summed E-state index contributed by atoms with van der Waals surface area (Å²) in [6.07, 6.45) is 4.70. The van der Waals surface area contributed by atoms with Gasteiger partial charge < -0.3 is 9.64 Å². The van der Waals surface area contributed by atoms with E-state index in [1.54, 1.807) is 6.07 Å². The molecule has 2 aliphatic rings. The minimum atomic E-state index is -2.78. The van der Waals surface area contributed by atoms with Gasteiger partial charge in [0, 0.05) is 26.1 Å². The Hall–Kier alpha value is -1.63. The second-order valence-electron chi connectivity index (χ2n) is 6.07. The fraction of sp³-hybridized carbons (Fsp3) is 0.667. The van der Waals surface area contributed by atoms with Crippen molar-refractivity contribution in [2.24, 2.45) is 11.8 Å². The molecule has 3 rings (SSSR count). The van der Waals surface area contributed by atoms with E-state index in [-0.39, 0.29) is 32.0 Å². The van der Waals surface area contributed by atoms with Gasteiger partial charge >= 0.3 is 0 Å². The number of rotatable bonds is 5. The van der Waals surface area contributed by atoms with Gasteiger partial charge in [0.25, 0.3) is 11.8 Å². The number of halogens is 2. The standard InChI is InChI=1S/C15H19F2N3O2/c16-15(17)4-6-20(14(21)12-3-5-18-19-7-12)8-13(15)10-22-9-11-1-2-11/h3,5,7,11,13H,1-2,4,6,8-10H2. The van der Waals surface area contributed by atoms with E-state index >= 15 is 0 Å². The van der Waals surface area contributed by atoms with Gasteiger partial charge in [-0.3, -0.25) is 4.79 Å². The summed E-state index contributed by atoms with van der Waals surface area (Å²) in [6, 6.07) is 1.54. The first kappa shape index (κ1) is 15.3. The largest absolute Gasteiger partial charge is 0.381 e. The lowest BCUT2D eigenvalue weighted by Crippen LogP contribution is -2.51. The molecule has 0 N–H and O–H groups in total. The van der Waals surface area contributed by atoms with E-state index in [2.05, 4.69) is 10.2 Å². The average Bonchev–Trinajstić information content (AvgIpc) is 3.33. The lowest BCUT2D eigenvalue weighted by atomic mass is 9.94.